The Balaban J connectivity index is 0.0000001000. The zero-order valence-electron chi connectivity index (χ0n) is 5.56. The first-order chi connectivity index (χ1) is 5.00. The molecular weight excluding hydrogens is 162 g/mol. The summed E-state index contributed by atoms with van der Waals surface area (Å²) in [7, 11) is 0. The van der Waals surface area contributed by atoms with Crippen LogP contribution < -0.4 is 0 Å². The lowest BCUT2D eigenvalue weighted by Gasteiger charge is -1.67. The van der Waals surface area contributed by atoms with Gasteiger partial charge in [-0.25, -0.2) is 0 Å². The Hall–Kier alpha value is -0.280. The third-order valence-electron chi connectivity index (χ3n) is 0.913. The Morgan fingerprint density at radius 2 is 2.00 bits per heavy atom. The smallest absolute Gasteiger partial charge is 0.0542 e. The molecular formula is C7H9NS2. The number of thiophene rings is 1. The Morgan fingerprint density at radius 3 is 2.20 bits per heavy atom. The van der Waals surface area contributed by atoms with Crippen molar-refractivity contribution >= 4 is 28.6 Å². The first-order valence-corrected chi connectivity index (χ1v) is 5.06. The molecule has 0 unspecified atom stereocenters. The van der Waals surface area contributed by atoms with Crippen LogP contribution in [0.15, 0.2) is 27.9 Å². The molecule has 1 aromatic heterocycles. The minimum absolute atomic E-state index is 1.03. The third kappa shape index (κ3) is 3.69. The van der Waals surface area contributed by atoms with Gasteiger partial charge in [-0.3, -0.25) is 4.99 Å². The van der Waals surface area contributed by atoms with Crippen molar-refractivity contribution in [3.05, 3.63) is 22.9 Å². The minimum Gasteiger partial charge on any atom is -0.285 e. The molecule has 0 bridgehead atoms. The van der Waals surface area contributed by atoms with E-state index >= 15 is 0 Å². The van der Waals surface area contributed by atoms with Gasteiger partial charge in [0.15, 0.2) is 0 Å². The SMILES string of the molecule is C1=NCCS1.c1ccsc1. The molecule has 1 aliphatic heterocycles. The fourth-order valence-electron chi connectivity index (χ4n) is 0.490. The summed E-state index contributed by atoms with van der Waals surface area (Å²) in [6.07, 6.45) is 0. The summed E-state index contributed by atoms with van der Waals surface area (Å²) < 4.78 is 0. The zero-order valence-corrected chi connectivity index (χ0v) is 7.20. The molecule has 3 heteroatoms. The predicted octanol–water partition coefficient (Wildman–Crippen LogP) is 2.51. The topological polar surface area (TPSA) is 12.4 Å². The summed E-state index contributed by atoms with van der Waals surface area (Å²) >= 11 is 3.50. The molecule has 54 valence electrons. The average Bonchev–Trinajstić information content (AvgIpc) is 2.67. The van der Waals surface area contributed by atoms with E-state index in [0.717, 1.165) is 6.54 Å². The standard InChI is InChI=1S/C4H4S.C3H5NS/c1-2-4-5-3-1;1-2-5-3-4-1/h1-4H;3H,1-2H2. The van der Waals surface area contributed by atoms with Gasteiger partial charge in [-0.05, 0) is 10.8 Å². The van der Waals surface area contributed by atoms with Crippen molar-refractivity contribution in [2.24, 2.45) is 4.99 Å². The molecule has 0 aromatic carbocycles. The Bertz CT molecular complexity index is 147. The molecule has 1 aromatic rings. The van der Waals surface area contributed by atoms with Crippen LogP contribution in [0.3, 0.4) is 0 Å². The summed E-state index contributed by atoms with van der Waals surface area (Å²) in [6.45, 7) is 1.03. The van der Waals surface area contributed by atoms with Gasteiger partial charge in [-0.2, -0.15) is 11.3 Å². The van der Waals surface area contributed by atoms with Crippen molar-refractivity contribution in [1.29, 1.82) is 0 Å². The van der Waals surface area contributed by atoms with Gasteiger partial charge in [0.05, 0.1) is 5.55 Å². The first-order valence-electron chi connectivity index (χ1n) is 3.07. The van der Waals surface area contributed by atoms with Crippen LogP contribution in [-0.4, -0.2) is 17.8 Å². The predicted molar refractivity (Wildman–Crippen MR) is 50.1 cm³/mol. The van der Waals surface area contributed by atoms with Crippen LogP contribution in [0.5, 0.6) is 0 Å². The van der Waals surface area contributed by atoms with Gasteiger partial charge >= 0.3 is 0 Å². The van der Waals surface area contributed by atoms with Gasteiger partial charge in [0.25, 0.3) is 0 Å². The third-order valence-corrected chi connectivity index (χ3v) is 2.26. The van der Waals surface area contributed by atoms with Crippen molar-refractivity contribution in [2.75, 3.05) is 12.3 Å². The Labute approximate surface area is 69.2 Å². The second kappa shape index (κ2) is 5.50. The highest BCUT2D eigenvalue weighted by atomic mass is 32.2. The van der Waals surface area contributed by atoms with E-state index in [0.29, 0.717) is 0 Å². The van der Waals surface area contributed by atoms with Crippen molar-refractivity contribution in [3.8, 4) is 0 Å². The summed E-state index contributed by atoms with van der Waals surface area (Å²) in [6, 6.07) is 4.04. The molecule has 0 spiro atoms. The largest absolute Gasteiger partial charge is 0.285 e. The lowest BCUT2D eigenvalue weighted by Crippen LogP contribution is -1.69. The fraction of sp³-hybridized carbons (Fsp3) is 0.286. The Morgan fingerprint density at radius 1 is 1.20 bits per heavy atom. The molecule has 1 aliphatic rings. The van der Waals surface area contributed by atoms with Gasteiger partial charge in [-0.15, -0.1) is 11.8 Å². The number of hydrogen-bond acceptors (Lipinski definition) is 3. The average molecular weight is 171 g/mol. The number of thioether (sulfide) groups is 1. The van der Waals surface area contributed by atoms with E-state index in [-0.39, 0.29) is 0 Å². The van der Waals surface area contributed by atoms with Crippen molar-refractivity contribution in [3.63, 3.8) is 0 Å². The number of rotatable bonds is 0. The van der Waals surface area contributed by atoms with Gasteiger partial charge in [-0.1, -0.05) is 12.1 Å². The number of hydrogen-bond donors (Lipinski definition) is 0. The van der Waals surface area contributed by atoms with Crippen molar-refractivity contribution in [1.82, 2.24) is 0 Å². The van der Waals surface area contributed by atoms with Crippen LogP contribution in [0.1, 0.15) is 0 Å². The van der Waals surface area contributed by atoms with Crippen LogP contribution in [0, 0.1) is 0 Å². The molecule has 10 heavy (non-hydrogen) atoms. The van der Waals surface area contributed by atoms with E-state index in [1.165, 1.54) is 5.75 Å². The lowest BCUT2D eigenvalue weighted by molar-refractivity contribution is 1.18. The van der Waals surface area contributed by atoms with Crippen LogP contribution in [0.2, 0.25) is 0 Å². The maximum absolute atomic E-state index is 3.92. The molecule has 0 saturated carbocycles. The van der Waals surface area contributed by atoms with Gasteiger partial charge in [0.1, 0.15) is 0 Å². The van der Waals surface area contributed by atoms with Crippen LogP contribution in [0.4, 0.5) is 0 Å². The second-order valence-electron chi connectivity index (χ2n) is 1.68. The van der Waals surface area contributed by atoms with Crippen molar-refractivity contribution in [2.45, 2.75) is 0 Å². The van der Waals surface area contributed by atoms with E-state index in [2.05, 4.69) is 4.99 Å². The van der Waals surface area contributed by atoms with E-state index in [1.54, 1.807) is 23.1 Å². The highest BCUT2D eigenvalue weighted by molar-refractivity contribution is 8.12. The van der Waals surface area contributed by atoms with E-state index in [9.17, 15) is 0 Å². The van der Waals surface area contributed by atoms with Crippen LogP contribution in [0.25, 0.3) is 0 Å². The molecule has 0 aliphatic carbocycles. The molecule has 0 atom stereocenters. The maximum Gasteiger partial charge on any atom is 0.0542 e. The zero-order chi connectivity index (χ0) is 7.07. The molecule has 0 saturated heterocycles. The number of nitrogens with zero attached hydrogens (tertiary/aromatic N) is 1. The normalized spacial score (nSPS) is 14.4. The van der Waals surface area contributed by atoms with E-state index in [4.69, 9.17) is 0 Å². The highest BCUT2D eigenvalue weighted by Crippen LogP contribution is 1.99. The van der Waals surface area contributed by atoms with Gasteiger partial charge < -0.3 is 0 Å². The number of aliphatic imine (C=N–C) groups is 1. The van der Waals surface area contributed by atoms with Gasteiger partial charge in [0.2, 0.25) is 0 Å². The highest BCUT2D eigenvalue weighted by Gasteiger charge is 1.86. The minimum atomic E-state index is 1.03. The van der Waals surface area contributed by atoms with Crippen molar-refractivity contribution < 1.29 is 0 Å². The molecule has 0 N–H and O–H groups in total. The summed E-state index contributed by atoms with van der Waals surface area (Å²) in [4.78, 5) is 3.92. The van der Waals surface area contributed by atoms with Crippen LogP contribution in [-0.2, 0) is 0 Å². The summed E-state index contributed by atoms with van der Waals surface area (Å²) in [5.74, 6) is 1.19. The van der Waals surface area contributed by atoms with E-state index < -0.39 is 0 Å². The monoisotopic (exact) mass is 171 g/mol. The molecule has 2 rings (SSSR count). The van der Waals surface area contributed by atoms with E-state index in [1.807, 2.05) is 28.4 Å². The Kier molecular flexibility index (Phi) is 4.30. The lowest BCUT2D eigenvalue weighted by atomic mass is 10.7. The first kappa shape index (κ1) is 7.82. The fourth-order valence-corrected chi connectivity index (χ4v) is 1.47. The molecule has 0 fully saturated rings. The molecule has 2 heterocycles. The van der Waals surface area contributed by atoms with Gasteiger partial charge in [0, 0.05) is 12.3 Å². The van der Waals surface area contributed by atoms with Crippen LogP contribution >= 0.6 is 23.1 Å². The molecule has 0 radical (unpaired) electrons. The maximum atomic E-state index is 3.92. The quantitative estimate of drug-likeness (QED) is 0.584. The second-order valence-corrected chi connectivity index (χ2v) is 3.44. The molecule has 1 nitrogen and oxygen atoms in total. The molecule has 0 amide bonds. The summed E-state index contributed by atoms with van der Waals surface area (Å²) in [5.41, 5.74) is 1.90. The summed E-state index contributed by atoms with van der Waals surface area (Å²) in [5, 5.41) is 4.08.